The average Bonchev–Trinajstić information content (AvgIpc) is 3.20. The number of hydrogen-bond donors (Lipinski definition) is 1. The number of ketones is 1. The first kappa shape index (κ1) is 26.5. The predicted octanol–water partition coefficient (Wildman–Crippen LogP) is 6.13. The highest BCUT2D eigenvalue weighted by Crippen LogP contribution is 2.33. The fraction of sp³-hybridized carbons (Fsp3) is 0.517. The lowest BCUT2D eigenvalue weighted by molar-refractivity contribution is 0.0505. The molecule has 1 aliphatic carbocycles. The van der Waals surface area contributed by atoms with Crippen molar-refractivity contribution in [2.24, 2.45) is 24.8 Å². The maximum Gasteiger partial charge on any atom is 0.184 e. The summed E-state index contributed by atoms with van der Waals surface area (Å²) in [6.07, 6.45) is 9.19. The molecular formula is C29H37ClN4O2. The summed E-state index contributed by atoms with van der Waals surface area (Å²) in [5.41, 5.74) is 5.85. The fourth-order valence-corrected chi connectivity index (χ4v) is 5.54. The summed E-state index contributed by atoms with van der Waals surface area (Å²) < 4.78 is 1.79. The van der Waals surface area contributed by atoms with Crippen LogP contribution < -0.4 is 0 Å². The highest BCUT2D eigenvalue weighted by Gasteiger charge is 2.30. The van der Waals surface area contributed by atoms with Crippen LogP contribution in [0, 0.1) is 31.6 Å². The van der Waals surface area contributed by atoms with Gasteiger partial charge in [0.2, 0.25) is 0 Å². The van der Waals surface area contributed by atoms with E-state index in [9.17, 15) is 9.90 Å². The Morgan fingerprint density at radius 3 is 2.58 bits per heavy atom. The van der Waals surface area contributed by atoms with Gasteiger partial charge in [0, 0.05) is 37.3 Å². The molecule has 0 aromatic carbocycles. The quantitative estimate of drug-likeness (QED) is 0.370. The molecule has 1 aliphatic rings. The molecule has 4 atom stereocenters. The molecule has 192 valence electrons. The molecule has 7 heteroatoms. The Kier molecular flexibility index (Phi) is 8.26. The van der Waals surface area contributed by atoms with Crippen molar-refractivity contribution in [2.45, 2.75) is 72.3 Å². The second-order valence-corrected chi connectivity index (χ2v) is 11.0. The van der Waals surface area contributed by atoms with E-state index in [2.05, 4.69) is 22.0 Å². The van der Waals surface area contributed by atoms with E-state index in [0.717, 1.165) is 60.2 Å². The van der Waals surface area contributed by atoms with Crippen LogP contribution >= 0.6 is 11.6 Å². The maximum absolute atomic E-state index is 13.4. The lowest BCUT2D eigenvalue weighted by atomic mass is 9.77. The molecule has 0 amide bonds. The molecule has 1 saturated carbocycles. The van der Waals surface area contributed by atoms with E-state index in [1.54, 1.807) is 4.68 Å². The molecule has 3 aromatic rings. The highest BCUT2D eigenvalue weighted by molar-refractivity contribution is 6.32. The maximum atomic E-state index is 13.4. The van der Waals surface area contributed by atoms with Gasteiger partial charge in [0.1, 0.15) is 5.69 Å². The second-order valence-electron chi connectivity index (χ2n) is 10.6. The molecule has 2 unspecified atom stereocenters. The number of rotatable bonds is 8. The van der Waals surface area contributed by atoms with Crippen molar-refractivity contribution in [2.75, 3.05) is 0 Å². The van der Waals surface area contributed by atoms with E-state index >= 15 is 0 Å². The summed E-state index contributed by atoms with van der Waals surface area (Å²) >= 11 is 6.62. The second kappa shape index (κ2) is 11.2. The Balaban J connectivity index is 1.49. The van der Waals surface area contributed by atoms with Gasteiger partial charge >= 0.3 is 0 Å². The summed E-state index contributed by atoms with van der Waals surface area (Å²) in [6.45, 7) is 7.92. The Morgan fingerprint density at radius 2 is 1.94 bits per heavy atom. The fourth-order valence-electron chi connectivity index (χ4n) is 5.37. The molecule has 1 N–H and O–H groups in total. The SMILES string of the molecule is Cc1nn(C)cc1-c1ccc(Cc2cc(C(=O)C(C)C(C)C[C@H]3CCCC[C@@H]3O)nc(C)c2Cl)cn1. The number of aliphatic hydroxyl groups is 1. The number of carbonyl (C=O) groups is 1. The summed E-state index contributed by atoms with van der Waals surface area (Å²) in [5.74, 6) is 0.313. The number of carbonyl (C=O) groups excluding carboxylic acids is 1. The van der Waals surface area contributed by atoms with E-state index in [1.807, 2.05) is 58.4 Å². The zero-order valence-corrected chi connectivity index (χ0v) is 22.7. The number of aromatic nitrogens is 4. The molecule has 0 bridgehead atoms. The van der Waals surface area contributed by atoms with Gasteiger partial charge in [-0.1, -0.05) is 44.4 Å². The Hall–Kier alpha value is -2.57. The third-order valence-corrected chi connectivity index (χ3v) is 8.29. The van der Waals surface area contributed by atoms with Crippen LogP contribution in [0.25, 0.3) is 11.3 Å². The molecule has 36 heavy (non-hydrogen) atoms. The summed E-state index contributed by atoms with van der Waals surface area (Å²) in [6, 6.07) is 5.88. The van der Waals surface area contributed by atoms with Crippen molar-refractivity contribution in [3.05, 3.63) is 63.8 Å². The van der Waals surface area contributed by atoms with Gasteiger partial charge < -0.3 is 5.11 Å². The van der Waals surface area contributed by atoms with Crippen molar-refractivity contribution in [1.82, 2.24) is 19.7 Å². The standard InChI is InChI=1S/C29H37ClN4O2/c1-17(12-22-8-6-7-9-27(22)35)18(2)29(36)26-14-23(28(30)20(4)32-26)13-21-10-11-25(31-15-21)24-16-34(5)33-19(24)3/h10-11,14-18,22,27,35H,6-9,12-13H2,1-5H3/t17?,18?,22-,27+/m1/s1. The van der Waals surface area contributed by atoms with Gasteiger partial charge in [0.25, 0.3) is 0 Å². The molecule has 6 nitrogen and oxygen atoms in total. The lowest BCUT2D eigenvalue weighted by Crippen LogP contribution is -2.29. The van der Waals surface area contributed by atoms with E-state index in [1.165, 1.54) is 0 Å². The van der Waals surface area contributed by atoms with Crippen LogP contribution in [-0.2, 0) is 13.5 Å². The van der Waals surface area contributed by atoms with Gasteiger partial charge in [0.05, 0.1) is 28.2 Å². The Bertz CT molecular complexity index is 1220. The van der Waals surface area contributed by atoms with E-state index in [4.69, 9.17) is 11.6 Å². The summed E-state index contributed by atoms with van der Waals surface area (Å²) in [5, 5.41) is 15.4. The number of Topliss-reactive ketones (excluding diaryl/α,β-unsaturated/α-hetero) is 1. The molecule has 0 spiro atoms. The zero-order valence-electron chi connectivity index (χ0n) is 22.0. The van der Waals surface area contributed by atoms with Crippen molar-refractivity contribution in [3.8, 4) is 11.3 Å². The minimum Gasteiger partial charge on any atom is -0.393 e. The largest absolute Gasteiger partial charge is 0.393 e. The minimum absolute atomic E-state index is 0.0364. The Labute approximate surface area is 219 Å². The molecule has 4 rings (SSSR count). The van der Waals surface area contributed by atoms with Crippen LogP contribution in [0.15, 0.2) is 30.6 Å². The van der Waals surface area contributed by atoms with Crippen molar-refractivity contribution < 1.29 is 9.90 Å². The molecule has 0 saturated heterocycles. The normalized spacial score (nSPS) is 19.8. The van der Waals surface area contributed by atoms with Crippen LogP contribution in [0.3, 0.4) is 0 Å². The Morgan fingerprint density at radius 1 is 1.19 bits per heavy atom. The van der Waals surface area contributed by atoms with Crippen LogP contribution in [0.2, 0.25) is 5.02 Å². The van der Waals surface area contributed by atoms with E-state index < -0.39 is 0 Å². The first-order chi connectivity index (χ1) is 17.1. The van der Waals surface area contributed by atoms with Crippen LogP contribution in [0.1, 0.15) is 79.0 Å². The topological polar surface area (TPSA) is 80.9 Å². The molecule has 0 aliphatic heterocycles. The molecule has 3 heterocycles. The summed E-state index contributed by atoms with van der Waals surface area (Å²) in [4.78, 5) is 22.6. The number of hydrogen-bond acceptors (Lipinski definition) is 5. The van der Waals surface area contributed by atoms with Gasteiger partial charge in [-0.25, -0.2) is 4.98 Å². The first-order valence-electron chi connectivity index (χ1n) is 13.0. The van der Waals surface area contributed by atoms with Crippen LogP contribution in [0.5, 0.6) is 0 Å². The number of pyridine rings is 2. The minimum atomic E-state index is -0.243. The molecule has 3 aromatic heterocycles. The number of aliphatic hydroxyl groups excluding tert-OH is 1. The molecule has 1 fully saturated rings. The van der Waals surface area contributed by atoms with Crippen LogP contribution in [-0.4, -0.2) is 36.7 Å². The van der Waals surface area contributed by atoms with Gasteiger partial charge in [-0.3, -0.25) is 14.5 Å². The number of halogens is 1. The summed E-state index contributed by atoms with van der Waals surface area (Å²) in [7, 11) is 1.90. The zero-order chi connectivity index (χ0) is 26.0. The van der Waals surface area contributed by atoms with Crippen molar-refractivity contribution in [3.63, 3.8) is 0 Å². The van der Waals surface area contributed by atoms with E-state index in [-0.39, 0.29) is 29.6 Å². The number of aryl methyl sites for hydroxylation is 3. The first-order valence-corrected chi connectivity index (χ1v) is 13.4. The lowest BCUT2D eigenvalue weighted by Gasteiger charge is -2.31. The average molecular weight is 509 g/mol. The molecule has 0 radical (unpaired) electrons. The number of nitrogens with zero attached hydrogens (tertiary/aromatic N) is 4. The third kappa shape index (κ3) is 5.87. The smallest absolute Gasteiger partial charge is 0.184 e. The van der Waals surface area contributed by atoms with Crippen LogP contribution in [0.4, 0.5) is 0 Å². The van der Waals surface area contributed by atoms with Crippen molar-refractivity contribution >= 4 is 17.4 Å². The van der Waals surface area contributed by atoms with Gasteiger partial charge in [-0.05, 0) is 68.2 Å². The third-order valence-electron chi connectivity index (χ3n) is 7.77. The highest BCUT2D eigenvalue weighted by atomic mass is 35.5. The van der Waals surface area contributed by atoms with Crippen molar-refractivity contribution in [1.29, 1.82) is 0 Å². The van der Waals surface area contributed by atoms with Gasteiger partial charge in [0.15, 0.2) is 5.78 Å². The predicted molar refractivity (Wildman–Crippen MR) is 143 cm³/mol. The van der Waals surface area contributed by atoms with Gasteiger partial charge in [-0.2, -0.15) is 5.10 Å². The molecular weight excluding hydrogens is 472 g/mol. The monoisotopic (exact) mass is 508 g/mol. The van der Waals surface area contributed by atoms with Gasteiger partial charge in [-0.15, -0.1) is 0 Å². The van der Waals surface area contributed by atoms with E-state index in [0.29, 0.717) is 22.8 Å².